The molecular formula is C17H21N3O2S. The van der Waals surface area contributed by atoms with Crippen LogP contribution in [0.1, 0.15) is 20.3 Å². The second-order valence-electron chi connectivity index (χ2n) is 6.27. The Morgan fingerprint density at radius 1 is 1.22 bits per heavy atom. The zero-order valence-electron chi connectivity index (χ0n) is 13.4. The molecule has 1 fully saturated rings. The van der Waals surface area contributed by atoms with Crippen molar-refractivity contribution >= 4 is 17.7 Å². The van der Waals surface area contributed by atoms with Crippen molar-refractivity contribution in [1.82, 2.24) is 15.1 Å². The third kappa shape index (κ3) is 4.13. The van der Waals surface area contributed by atoms with E-state index in [0.717, 1.165) is 18.7 Å². The van der Waals surface area contributed by atoms with Gasteiger partial charge in [0.05, 0.1) is 5.75 Å². The number of thioether (sulfide) groups is 1. The van der Waals surface area contributed by atoms with E-state index in [2.05, 4.69) is 24.0 Å². The molecule has 1 amide bonds. The minimum absolute atomic E-state index is 0.146. The van der Waals surface area contributed by atoms with Gasteiger partial charge in [0.15, 0.2) is 0 Å². The van der Waals surface area contributed by atoms with Gasteiger partial charge in [0.2, 0.25) is 11.8 Å². The van der Waals surface area contributed by atoms with Crippen LogP contribution >= 0.6 is 11.8 Å². The molecule has 1 aliphatic heterocycles. The van der Waals surface area contributed by atoms with Crippen LogP contribution in [0.25, 0.3) is 11.5 Å². The Bertz CT molecular complexity index is 649. The van der Waals surface area contributed by atoms with Crippen LogP contribution in [0.4, 0.5) is 0 Å². The van der Waals surface area contributed by atoms with Gasteiger partial charge in [-0.1, -0.05) is 43.8 Å². The molecule has 2 atom stereocenters. The van der Waals surface area contributed by atoms with Crippen molar-refractivity contribution in [3.63, 3.8) is 0 Å². The average molecular weight is 331 g/mol. The number of carbonyl (C=O) groups excluding carboxylic acids is 1. The normalized spacial score (nSPS) is 21.4. The van der Waals surface area contributed by atoms with Crippen molar-refractivity contribution in [2.45, 2.75) is 25.5 Å². The van der Waals surface area contributed by atoms with Crippen LogP contribution in [0.15, 0.2) is 40.0 Å². The SMILES string of the molecule is CC1CC(C)CN(C(=O)CSc2nnc(-c3ccccc3)o2)C1. The predicted molar refractivity (Wildman–Crippen MR) is 90.0 cm³/mol. The maximum Gasteiger partial charge on any atom is 0.277 e. The standard InChI is InChI=1S/C17H21N3O2S/c1-12-8-13(2)10-20(9-12)15(21)11-23-17-19-18-16(22-17)14-6-4-3-5-7-14/h3-7,12-13H,8-11H2,1-2H3. The average Bonchev–Trinajstić information content (AvgIpc) is 3.01. The van der Waals surface area contributed by atoms with E-state index in [1.807, 2.05) is 35.2 Å². The first-order valence-corrected chi connectivity index (χ1v) is 8.90. The van der Waals surface area contributed by atoms with E-state index in [0.29, 0.717) is 28.7 Å². The second kappa shape index (κ2) is 7.17. The topological polar surface area (TPSA) is 59.2 Å². The summed E-state index contributed by atoms with van der Waals surface area (Å²) in [4.78, 5) is 14.3. The molecular weight excluding hydrogens is 310 g/mol. The Labute approximate surface area is 140 Å². The second-order valence-corrected chi connectivity index (χ2v) is 7.20. The number of hydrogen-bond acceptors (Lipinski definition) is 5. The summed E-state index contributed by atoms with van der Waals surface area (Å²) in [5.74, 6) is 2.12. The van der Waals surface area contributed by atoms with E-state index in [1.165, 1.54) is 18.2 Å². The van der Waals surface area contributed by atoms with Crippen molar-refractivity contribution in [1.29, 1.82) is 0 Å². The molecule has 1 saturated heterocycles. The summed E-state index contributed by atoms with van der Waals surface area (Å²) in [5, 5.41) is 8.49. The molecule has 0 radical (unpaired) electrons. The van der Waals surface area contributed by atoms with Crippen LogP contribution < -0.4 is 0 Å². The summed E-state index contributed by atoms with van der Waals surface area (Å²) < 4.78 is 5.62. The van der Waals surface area contributed by atoms with Crippen LogP contribution in [0.5, 0.6) is 0 Å². The van der Waals surface area contributed by atoms with Crippen LogP contribution in [-0.4, -0.2) is 39.8 Å². The van der Waals surface area contributed by atoms with Gasteiger partial charge in [-0.05, 0) is 30.4 Å². The van der Waals surface area contributed by atoms with Gasteiger partial charge in [-0.3, -0.25) is 4.79 Å². The number of rotatable bonds is 4. The van der Waals surface area contributed by atoms with Crippen LogP contribution in [0.2, 0.25) is 0 Å². The minimum atomic E-state index is 0.146. The van der Waals surface area contributed by atoms with Gasteiger partial charge in [-0.25, -0.2) is 0 Å². The van der Waals surface area contributed by atoms with Gasteiger partial charge in [-0.15, -0.1) is 10.2 Å². The molecule has 5 nitrogen and oxygen atoms in total. The van der Waals surface area contributed by atoms with Crippen LogP contribution in [0.3, 0.4) is 0 Å². The first kappa shape index (κ1) is 16.1. The maximum absolute atomic E-state index is 12.4. The lowest BCUT2D eigenvalue weighted by molar-refractivity contribution is -0.130. The Morgan fingerprint density at radius 2 is 1.91 bits per heavy atom. The number of amides is 1. The molecule has 122 valence electrons. The summed E-state index contributed by atoms with van der Waals surface area (Å²) in [6.07, 6.45) is 1.20. The molecule has 1 aliphatic rings. The van der Waals surface area contributed by atoms with Gasteiger partial charge in [-0.2, -0.15) is 0 Å². The van der Waals surface area contributed by atoms with Crippen molar-refractivity contribution in [3.05, 3.63) is 30.3 Å². The smallest absolute Gasteiger partial charge is 0.277 e. The molecule has 0 N–H and O–H groups in total. The third-order valence-corrected chi connectivity index (χ3v) is 4.77. The first-order valence-electron chi connectivity index (χ1n) is 7.91. The Balaban J connectivity index is 1.56. The summed E-state index contributed by atoms with van der Waals surface area (Å²) in [7, 11) is 0. The van der Waals surface area contributed by atoms with Gasteiger partial charge in [0, 0.05) is 18.7 Å². The highest BCUT2D eigenvalue weighted by Crippen LogP contribution is 2.25. The van der Waals surface area contributed by atoms with E-state index in [1.54, 1.807) is 0 Å². The van der Waals surface area contributed by atoms with Gasteiger partial charge >= 0.3 is 0 Å². The third-order valence-electron chi connectivity index (χ3n) is 3.97. The summed E-state index contributed by atoms with van der Waals surface area (Å²) >= 11 is 1.31. The summed E-state index contributed by atoms with van der Waals surface area (Å²) in [5.41, 5.74) is 0.886. The number of aromatic nitrogens is 2. The van der Waals surface area contributed by atoms with E-state index in [9.17, 15) is 4.79 Å². The van der Waals surface area contributed by atoms with Crippen molar-refractivity contribution < 1.29 is 9.21 Å². The molecule has 0 spiro atoms. The number of piperidine rings is 1. The molecule has 2 aromatic rings. The van der Waals surface area contributed by atoms with Gasteiger partial charge < -0.3 is 9.32 Å². The zero-order valence-corrected chi connectivity index (χ0v) is 14.3. The lowest BCUT2D eigenvalue weighted by atomic mass is 9.92. The van der Waals surface area contributed by atoms with Crippen LogP contribution in [0, 0.1) is 11.8 Å². The number of carbonyl (C=O) groups is 1. The molecule has 0 aliphatic carbocycles. The molecule has 0 saturated carbocycles. The van der Waals surface area contributed by atoms with E-state index in [-0.39, 0.29) is 5.91 Å². The fourth-order valence-electron chi connectivity index (χ4n) is 3.05. The summed E-state index contributed by atoms with van der Waals surface area (Å²) in [6, 6.07) is 9.63. The number of likely N-dealkylation sites (tertiary alicyclic amines) is 1. The lowest BCUT2D eigenvalue weighted by Gasteiger charge is -2.34. The molecule has 3 rings (SSSR count). The van der Waals surface area contributed by atoms with E-state index < -0.39 is 0 Å². The highest BCUT2D eigenvalue weighted by atomic mass is 32.2. The Hall–Kier alpha value is -1.82. The molecule has 1 aromatic heterocycles. The maximum atomic E-state index is 12.4. The largest absolute Gasteiger partial charge is 0.411 e. The highest BCUT2D eigenvalue weighted by Gasteiger charge is 2.25. The van der Waals surface area contributed by atoms with Gasteiger partial charge in [0.1, 0.15) is 0 Å². The Kier molecular flexibility index (Phi) is 5.00. The van der Waals surface area contributed by atoms with Crippen LogP contribution in [-0.2, 0) is 4.79 Å². The molecule has 1 aromatic carbocycles. The van der Waals surface area contributed by atoms with Crippen molar-refractivity contribution in [2.75, 3.05) is 18.8 Å². The summed E-state index contributed by atoms with van der Waals surface area (Å²) in [6.45, 7) is 6.10. The van der Waals surface area contributed by atoms with E-state index >= 15 is 0 Å². The first-order chi connectivity index (χ1) is 11.1. The number of hydrogen-bond donors (Lipinski definition) is 0. The Morgan fingerprint density at radius 3 is 2.61 bits per heavy atom. The predicted octanol–water partition coefficient (Wildman–Crippen LogP) is 3.33. The fourth-order valence-corrected chi connectivity index (χ4v) is 3.71. The highest BCUT2D eigenvalue weighted by molar-refractivity contribution is 7.99. The minimum Gasteiger partial charge on any atom is -0.411 e. The molecule has 2 unspecified atom stereocenters. The monoisotopic (exact) mass is 331 g/mol. The molecule has 23 heavy (non-hydrogen) atoms. The fraction of sp³-hybridized carbons (Fsp3) is 0.471. The molecule has 6 heteroatoms. The van der Waals surface area contributed by atoms with Crippen molar-refractivity contribution in [3.8, 4) is 11.5 Å². The lowest BCUT2D eigenvalue weighted by Crippen LogP contribution is -2.43. The zero-order chi connectivity index (χ0) is 16.2. The quantitative estimate of drug-likeness (QED) is 0.804. The van der Waals surface area contributed by atoms with E-state index in [4.69, 9.17) is 4.42 Å². The molecule has 2 heterocycles. The number of benzene rings is 1. The molecule has 0 bridgehead atoms. The number of nitrogens with zero attached hydrogens (tertiary/aromatic N) is 3. The van der Waals surface area contributed by atoms with Crippen molar-refractivity contribution in [2.24, 2.45) is 11.8 Å². The van der Waals surface area contributed by atoms with Gasteiger partial charge in [0.25, 0.3) is 5.22 Å².